The molecule has 0 aliphatic carbocycles. The van der Waals surface area contributed by atoms with Gasteiger partial charge in [0.25, 0.3) is 0 Å². The Kier molecular flexibility index (Phi) is 4.98. The maximum Gasteiger partial charge on any atom is 0.147 e. The predicted molar refractivity (Wildman–Crippen MR) is 70.1 cm³/mol. The van der Waals surface area contributed by atoms with Gasteiger partial charge in [-0.05, 0) is 37.0 Å². The Bertz CT molecular complexity index is 483. The molecule has 0 aromatic heterocycles. The van der Waals surface area contributed by atoms with Crippen molar-refractivity contribution in [2.75, 3.05) is 12.0 Å². The number of aryl methyl sites for hydroxylation is 1. The lowest BCUT2D eigenvalue weighted by atomic mass is 10.0. The molecule has 0 heterocycles. The highest BCUT2D eigenvalue weighted by Gasteiger charge is 2.12. The van der Waals surface area contributed by atoms with Crippen LogP contribution in [0.15, 0.2) is 18.2 Å². The first-order chi connectivity index (χ1) is 7.79. The molecule has 5 heteroatoms. The highest BCUT2D eigenvalue weighted by atomic mass is 35.5. The van der Waals surface area contributed by atoms with Gasteiger partial charge >= 0.3 is 0 Å². The van der Waals surface area contributed by atoms with Crippen LogP contribution in [0.3, 0.4) is 0 Å². The van der Waals surface area contributed by atoms with E-state index in [0.29, 0.717) is 23.4 Å². The molecule has 0 amide bonds. The number of hydrogen-bond acceptors (Lipinski definition) is 3. The van der Waals surface area contributed by atoms with Crippen molar-refractivity contribution in [2.45, 2.75) is 25.9 Å². The van der Waals surface area contributed by atoms with Crippen molar-refractivity contribution in [3.8, 4) is 0 Å². The Morgan fingerprint density at radius 1 is 1.41 bits per heavy atom. The molecule has 1 rings (SSSR count). The number of sulfone groups is 1. The van der Waals surface area contributed by atoms with Crippen molar-refractivity contribution in [3.63, 3.8) is 0 Å². The van der Waals surface area contributed by atoms with E-state index in [2.05, 4.69) is 0 Å². The molecule has 1 atom stereocenters. The van der Waals surface area contributed by atoms with Gasteiger partial charge in [-0.15, -0.1) is 0 Å². The number of benzene rings is 1. The number of hydrogen-bond donors (Lipinski definition) is 1. The Labute approximate surface area is 107 Å². The minimum absolute atomic E-state index is 0.0908. The quantitative estimate of drug-likeness (QED) is 0.899. The average molecular weight is 277 g/mol. The van der Waals surface area contributed by atoms with Crippen LogP contribution in [-0.2, 0) is 9.84 Å². The van der Waals surface area contributed by atoms with E-state index >= 15 is 0 Å². The van der Waals surface area contributed by atoms with Crippen molar-refractivity contribution >= 4 is 21.4 Å². The van der Waals surface area contributed by atoms with Crippen molar-refractivity contribution in [1.82, 2.24) is 0 Å². The van der Waals surface area contributed by atoms with Crippen LogP contribution >= 0.6 is 11.6 Å². The third-order valence-corrected chi connectivity index (χ3v) is 3.87. The highest BCUT2D eigenvalue weighted by molar-refractivity contribution is 7.90. The number of aliphatic hydroxyl groups excluding tert-OH is 1. The summed E-state index contributed by atoms with van der Waals surface area (Å²) in [7, 11) is -2.96. The summed E-state index contributed by atoms with van der Waals surface area (Å²) in [5, 5.41) is 10.4. The maximum atomic E-state index is 11.0. The Balaban J connectivity index is 2.61. The molecule has 0 aliphatic rings. The van der Waals surface area contributed by atoms with Crippen LogP contribution in [0.5, 0.6) is 0 Å². The van der Waals surface area contributed by atoms with E-state index in [0.717, 1.165) is 5.56 Å². The second-order valence-corrected chi connectivity index (χ2v) is 6.98. The summed E-state index contributed by atoms with van der Waals surface area (Å²) in [6.45, 7) is 1.92. The summed E-state index contributed by atoms with van der Waals surface area (Å²) in [6.07, 6.45) is 1.32. The molecule has 0 aliphatic heterocycles. The van der Waals surface area contributed by atoms with Crippen molar-refractivity contribution in [3.05, 3.63) is 34.3 Å². The standard InChI is InChI=1S/C12H17ClO3S/c1-9-5-6-10(11(13)8-9)12(14)4-3-7-17(2,15)16/h5-6,8,12,14H,3-4,7H2,1-2H3. The molecule has 0 spiro atoms. The summed E-state index contributed by atoms with van der Waals surface area (Å²) >= 11 is 6.01. The first-order valence-corrected chi connectivity index (χ1v) is 7.85. The lowest BCUT2D eigenvalue weighted by molar-refractivity contribution is 0.167. The summed E-state index contributed by atoms with van der Waals surface area (Å²) in [6, 6.07) is 5.44. The molecule has 1 unspecified atom stereocenters. The van der Waals surface area contributed by atoms with E-state index in [1.165, 1.54) is 6.26 Å². The zero-order chi connectivity index (χ0) is 13.1. The maximum absolute atomic E-state index is 11.0. The predicted octanol–water partition coefficient (Wildman–Crippen LogP) is 2.51. The third kappa shape index (κ3) is 5.06. The number of aliphatic hydroxyl groups is 1. The molecular formula is C12H17ClO3S. The van der Waals surface area contributed by atoms with Crippen molar-refractivity contribution < 1.29 is 13.5 Å². The van der Waals surface area contributed by atoms with Crippen molar-refractivity contribution in [1.29, 1.82) is 0 Å². The summed E-state index contributed by atoms with van der Waals surface area (Å²) in [5.41, 5.74) is 1.69. The summed E-state index contributed by atoms with van der Waals surface area (Å²) < 4.78 is 21.9. The monoisotopic (exact) mass is 276 g/mol. The second kappa shape index (κ2) is 5.85. The minimum Gasteiger partial charge on any atom is -0.388 e. The molecule has 0 fully saturated rings. The fraction of sp³-hybridized carbons (Fsp3) is 0.500. The fourth-order valence-electron chi connectivity index (χ4n) is 1.60. The van der Waals surface area contributed by atoms with Gasteiger partial charge in [0.15, 0.2) is 0 Å². The van der Waals surface area contributed by atoms with Gasteiger partial charge in [-0.25, -0.2) is 8.42 Å². The molecule has 17 heavy (non-hydrogen) atoms. The van der Waals surface area contributed by atoms with Crippen LogP contribution in [0.2, 0.25) is 5.02 Å². The van der Waals surface area contributed by atoms with Gasteiger partial charge in [0.2, 0.25) is 0 Å². The Hall–Kier alpha value is -0.580. The second-order valence-electron chi connectivity index (χ2n) is 4.31. The van der Waals surface area contributed by atoms with E-state index in [9.17, 15) is 13.5 Å². The Morgan fingerprint density at radius 3 is 2.59 bits per heavy atom. The molecule has 0 radical (unpaired) electrons. The third-order valence-electron chi connectivity index (χ3n) is 2.51. The van der Waals surface area contributed by atoms with E-state index in [1.807, 2.05) is 13.0 Å². The zero-order valence-corrected chi connectivity index (χ0v) is 11.6. The van der Waals surface area contributed by atoms with Gasteiger partial charge in [0.05, 0.1) is 6.10 Å². The Morgan fingerprint density at radius 2 is 2.06 bits per heavy atom. The number of rotatable bonds is 5. The zero-order valence-electron chi connectivity index (χ0n) is 9.98. The van der Waals surface area contributed by atoms with E-state index < -0.39 is 15.9 Å². The molecule has 0 saturated carbocycles. The lowest BCUT2D eigenvalue weighted by Crippen LogP contribution is -2.06. The normalized spacial score (nSPS) is 13.6. The van der Waals surface area contributed by atoms with Crippen LogP contribution in [-0.4, -0.2) is 25.5 Å². The van der Waals surface area contributed by atoms with Gasteiger partial charge < -0.3 is 5.11 Å². The smallest absolute Gasteiger partial charge is 0.147 e. The summed E-state index contributed by atoms with van der Waals surface area (Å²) in [4.78, 5) is 0. The molecule has 96 valence electrons. The largest absolute Gasteiger partial charge is 0.388 e. The first kappa shape index (κ1) is 14.5. The van der Waals surface area contributed by atoms with Gasteiger partial charge in [-0.2, -0.15) is 0 Å². The van der Waals surface area contributed by atoms with Crippen LogP contribution in [0, 0.1) is 6.92 Å². The minimum atomic E-state index is -2.96. The number of halogens is 1. The molecule has 1 aromatic rings. The molecule has 1 aromatic carbocycles. The average Bonchev–Trinajstić information content (AvgIpc) is 2.15. The van der Waals surface area contributed by atoms with Crippen LogP contribution < -0.4 is 0 Å². The first-order valence-electron chi connectivity index (χ1n) is 5.41. The fourth-order valence-corrected chi connectivity index (χ4v) is 2.65. The van der Waals surface area contributed by atoms with E-state index in [1.54, 1.807) is 12.1 Å². The summed E-state index contributed by atoms with van der Waals surface area (Å²) in [5.74, 6) is 0.0908. The molecule has 0 bridgehead atoms. The topological polar surface area (TPSA) is 54.4 Å². The van der Waals surface area contributed by atoms with Gasteiger partial charge in [-0.3, -0.25) is 0 Å². The lowest BCUT2D eigenvalue weighted by Gasteiger charge is -2.12. The van der Waals surface area contributed by atoms with Crippen LogP contribution in [0.4, 0.5) is 0 Å². The van der Waals surface area contributed by atoms with Gasteiger partial charge in [0.1, 0.15) is 9.84 Å². The molecule has 0 saturated heterocycles. The van der Waals surface area contributed by atoms with Gasteiger partial charge in [-0.1, -0.05) is 23.7 Å². The van der Waals surface area contributed by atoms with Crippen LogP contribution in [0.25, 0.3) is 0 Å². The van der Waals surface area contributed by atoms with Crippen LogP contribution in [0.1, 0.15) is 30.1 Å². The molecular weight excluding hydrogens is 260 g/mol. The molecule has 3 nitrogen and oxygen atoms in total. The van der Waals surface area contributed by atoms with Gasteiger partial charge in [0, 0.05) is 17.0 Å². The molecule has 1 N–H and O–H groups in total. The van der Waals surface area contributed by atoms with E-state index in [4.69, 9.17) is 11.6 Å². The highest BCUT2D eigenvalue weighted by Crippen LogP contribution is 2.27. The van der Waals surface area contributed by atoms with Crippen molar-refractivity contribution in [2.24, 2.45) is 0 Å². The van der Waals surface area contributed by atoms with E-state index in [-0.39, 0.29) is 5.75 Å². The SMILES string of the molecule is Cc1ccc(C(O)CCCS(C)(=O)=O)c(Cl)c1.